The van der Waals surface area contributed by atoms with Crippen LogP contribution in [0.4, 0.5) is 0 Å². The highest BCUT2D eigenvalue weighted by Crippen LogP contribution is 2.24. The van der Waals surface area contributed by atoms with E-state index in [1.165, 1.54) is 7.11 Å². The largest absolute Gasteiger partial charge is 0.381 e. The summed E-state index contributed by atoms with van der Waals surface area (Å²) in [6.45, 7) is 1.09. The van der Waals surface area contributed by atoms with Gasteiger partial charge in [0.1, 0.15) is 5.60 Å². The molecule has 0 bridgehead atoms. The lowest BCUT2D eigenvalue weighted by atomic mass is 9.90. The Kier molecular flexibility index (Phi) is 2.85. The summed E-state index contributed by atoms with van der Waals surface area (Å²) in [5.41, 5.74) is -0.771. The van der Waals surface area contributed by atoms with Crippen molar-refractivity contribution in [1.82, 2.24) is 0 Å². The van der Waals surface area contributed by atoms with Crippen LogP contribution in [0, 0.1) is 12.3 Å². The van der Waals surface area contributed by atoms with E-state index < -0.39 is 5.60 Å². The SMILES string of the molecule is C#CC(=O)C1(OC)CCOCC1. The van der Waals surface area contributed by atoms with Gasteiger partial charge < -0.3 is 9.47 Å². The molecule has 0 atom stereocenters. The van der Waals surface area contributed by atoms with Crippen molar-refractivity contribution < 1.29 is 14.3 Å². The molecule has 3 nitrogen and oxygen atoms in total. The molecule has 12 heavy (non-hydrogen) atoms. The Hall–Kier alpha value is -0.850. The molecule has 1 heterocycles. The van der Waals surface area contributed by atoms with Crippen molar-refractivity contribution in [3.63, 3.8) is 0 Å². The summed E-state index contributed by atoms with van der Waals surface area (Å²) in [5.74, 6) is 1.84. The van der Waals surface area contributed by atoms with Gasteiger partial charge in [-0.15, -0.1) is 6.42 Å². The second-order valence-corrected chi connectivity index (χ2v) is 2.78. The van der Waals surface area contributed by atoms with Crippen molar-refractivity contribution in [2.75, 3.05) is 20.3 Å². The number of ketones is 1. The van der Waals surface area contributed by atoms with E-state index in [1.807, 2.05) is 0 Å². The minimum absolute atomic E-state index is 0.270. The average Bonchev–Trinajstić information content (AvgIpc) is 2.17. The van der Waals surface area contributed by atoms with Gasteiger partial charge in [-0.3, -0.25) is 4.79 Å². The molecule has 0 unspecified atom stereocenters. The first-order valence-corrected chi connectivity index (χ1v) is 3.89. The fourth-order valence-electron chi connectivity index (χ4n) is 1.36. The number of carbonyl (C=O) groups is 1. The fraction of sp³-hybridized carbons (Fsp3) is 0.667. The molecule has 0 radical (unpaired) electrons. The number of hydrogen-bond acceptors (Lipinski definition) is 3. The van der Waals surface area contributed by atoms with E-state index in [9.17, 15) is 4.79 Å². The number of ether oxygens (including phenoxy) is 2. The molecule has 0 N–H and O–H groups in total. The van der Waals surface area contributed by atoms with Crippen molar-refractivity contribution in [3.8, 4) is 12.3 Å². The number of methoxy groups -OCH3 is 1. The monoisotopic (exact) mass is 168 g/mol. The highest BCUT2D eigenvalue weighted by molar-refractivity contribution is 6.01. The molecule has 66 valence electrons. The molecule has 0 spiro atoms. The van der Waals surface area contributed by atoms with E-state index in [1.54, 1.807) is 0 Å². The van der Waals surface area contributed by atoms with Gasteiger partial charge in [0.05, 0.1) is 0 Å². The van der Waals surface area contributed by atoms with E-state index in [4.69, 9.17) is 15.9 Å². The van der Waals surface area contributed by atoms with Gasteiger partial charge in [-0.05, 0) is 5.92 Å². The average molecular weight is 168 g/mol. The van der Waals surface area contributed by atoms with Crippen LogP contribution in [-0.4, -0.2) is 31.7 Å². The minimum atomic E-state index is -0.771. The third-order valence-corrected chi connectivity index (χ3v) is 2.24. The zero-order chi connectivity index (χ0) is 9.03. The number of carbonyl (C=O) groups excluding carboxylic acids is 1. The van der Waals surface area contributed by atoms with Crippen LogP contribution in [-0.2, 0) is 14.3 Å². The molecule has 3 heteroatoms. The van der Waals surface area contributed by atoms with Crippen molar-refractivity contribution in [2.24, 2.45) is 0 Å². The summed E-state index contributed by atoms with van der Waals surface area (Å²) < 4.78 is 10.3. The van der Waals surface area contributed by atoms with E-state index >= 15 is 0 Å². The van der Waals surface area contributed by atoms with E-state index in [-0.39, 0.29) is 5.78 Å². The smallest absolute Gasteiger partial charge is 0.237 e. The molecule has 1 aliphatic rings. The lowest BCUT2D eigenvalue weighted by Crippen LogP contribution is -2.45. The van der Waals surface area contributed by atoms with E-state index in [0.717, 1.165) is 0 Å². The molecular weight excluding hydrogens is 156 g/mol. The number of rotatable bonds is 2. The fourth-order valence-corrected chi connectivity index (χ4v) is 1.36. The van der Waals surface area contributed by atoms with Gasteiger partial charge in [-0.25, -0.2) is 0 Å². The second-order valence-electron chi connectivity index (χ2n) is 2.78. The minimum Gasteiger partial charge on any atom is -0.381 e. The predicted octanol–water partition coefficient (Wildman–Crippen LogP) is 0.384. The summed E-state index contributed by atoms with van der Waals surface area (Å²) in [7, 11) is 1.51. The van der Waals surface area contributed by atoms with Gasteiger partial charge in [0.15, 0.2) is 0 Å². The Morgan fingerprint density at radius 3 is 2.58 bits per heavy atom. The highest BCUT2D eigenvalue weighted by atomic mass is 16.5. The molecule has 0 saturated carbocycles. The van der Waals surface area contributed by atoms with Crippen LogP contribution >= 0.6 is 0 Å². The summed E-state index contributed by atoms with van der Waals surface area (Å²) in [4.78, 5) is 11.3. The summed E-state index contributed by atoms with van der Waals surface area (Å²) in [6.07, 6.45) is 6.17. The standard InChI is InChI=1S/C9H12O3/c1-3-8(10)9(11-2)4-6-12-7-5-9/h1H,4-7H2,2H3. The molecular formula is C9H12O3. The Labute approximate surface area is 72.0 Å². The lowest BCUT2D eigenvalue weighted by Gasteiger charge is -2.32. The van der Waals surface area contributed by atoms with E-state index in [0.29, 0.717) is 26.1 Å². The van der Waals surface area contributed by atoms with Gasteiger partial charge in [0, 0.05) is 33.2 Å². The van der Waals surface area contributed by atoms with Crippen molar-refractivity contribution in [1.29, 1.82) is 0 Å². The Morgan fingerprint density at radius 2 is 2.17 bits per heavy atom. The molecule has 1 rings (SSSR count). The number of terminal acetylenes is 1. The van der Waals surface area contributed by atoms with Gasteiger partial charge >= 0.3 is 0 Å². The number of hydrogen-bond donors (Lipinski definition) is 0. The van der Waals surface area contributed by atoms with E-state index in [2.05, 4.69) is 5.92 Å². The molecule has 0 aromatic heterocycles. The van der Waals surface area contributed by atoms with Gasteiger partial charge in [0.25, 0.3) is 0 Å². The molecule has 0 amide bonds. The Morgan fingerprint density at radius 1 is 1.58 bits per heavy atom. The summed E-state index contributed by atoms with van der Waals surface area (Å²) in [5, 5.41) is 0. The normalized spacial score (nSPS) is 21.3. The van der Waals surface area contributed by atoms with Gasteiger partial charge in [-0.1, -0.05) is 0 Å². The zero-order valence-corrected chi connectivity index (χ0v) is 7.13. The highest BCUT2D eigenvalue weighted by Gasteiger charge is 2.38. The van der Waals surface area contributed by atoms with Crippen LogP contribution in [0.25, 0.3) is 0 Å². The maximum absolute atomic E-state index is 11.3. The van der Waals surface area contributed by atoms with Crippen LogP contribution in [0.1, 0.15) is 12.8 Å². The number of Topliss-reactive ketones (excluding diaryl/α,β-unsaturated/α-hetero) is 1. The van der Waals surface area contributed by atoms with Crippen LogP contribution in [0.15, 0.2) is 0 Å². The molecule has 0 aliphatic carbocycles. The molecule has 1 saturated heterocycles. The van der Waals surface area contributed by atoms with Crippen LogP contribution in [0.2, 0.25) is 0 Å². The maximum atomic E-state index is 11.3. The third-order valence-electron chi connectivity index (χ3n) is 2.24. The molecule has 0 aromatic rings. The summed E-state index contributed by atoms with van der Waals surface area (Å²) in [6, 6.07) is 0. The van der Waals surface area contributed by atoms with Crippen LogP contribution in [0.5, 0.6) is 0 Å². The van der Waals surface area contributed by atoms with Crippen molar-refractivity contribution in [3.05, 3.63) is 0 Å². The molecule has 1 fully saturated rings. The lowest BCUT2D eigenvalue weighted by molar-refractivity contribution is -0.146. The van der Waals surface area contributed by atoms with Crippen molar-refractivity contribution in [2.45, 2.75) is 18.4 Å². The zero-order valence-electron chi connectivity index (χ0n) is 7.13. The third kappa shape index (κ3) is 1.50. The van der Waals surface area contributed by atoms with Gasteiger partial charge in [0.2, 0.25) is 5.78 Å². The first kappa shape index (κ1) is 9.24. The Balaban J connectivity index is 2.74. The van der Waals surface area contributed by atoms with Crippen molar-refractivity contribution >= 4 is 5.78 Å². The molecule has 0 aromatic carbocycles. The maximum Gasteiger partial charge on any atom is 0.237 e. The Bertz CT molecular complexity index is 208. The summed E-state index contributed by atoms with van der Waals surface area (Å²) >= 11 is 0. The first-order valence-electron chi connectivity index (χ1n) is 3.89. The predicted molar refractivity (Wildman–Crippen MR) is 43.6 cm³/mol. The van der Waals surface area contributed by atoms with Crippen LogP contribution < -0.4 is 0 Å². The topological polar surface area (TPSA) is 35.5 Å². The van der Waals surface area contributed by atoms with Crippen LogP contribution in [0.3, 0.4) is 0 Å². The van der Waals surface area contributed by atoms with Gasteiger partial charge in [-0.2, -0.15) is 0 Å². The quantitative estimate of drug-likeness (QED) is 0.442. The second kappa shape index (κ2) is 3.70. The molecule has 1 aliphatic heterocycles. The first-order chi connectivity index (χ1) is 5.75.